The van der Waals surface area contributed by atoms with Crippen molar-refractivity contribution in [2.75, 3.05) is 6.54 Å². The van der Waals surface area contributed by atoms with Crippen LogP contribution in [0.3, 0.4) is 0 Å². The first-order valence-corrected chi connectivity index (χ1v) is 9.03. The standard InChI is InChI=1S/C20H23NO2S/c1-16-9-10-20(24-16)15-21(14-19-8-5-11-23-19)13-18(22)12-17-6-3-2-4-7-17/h2-11,18,22H,12-15H2,1H3. The van der Waals surface area contributed by atoms with Crippen molar-refractivity contribution in [3.8, 4) is 0 Å². The van der Waals surface area contributed by atoms with Crippen LogP contribution in [0.1, 0.15) is 21.1 Å². The summed E-state index contributed by atoms with van der Waals surface area (Å²) in [7, 11) is 0. The maximum Gasteiger partial charge on any atom is 0.117 e. The lowest BCUT2D eigenvalue weighted by molar-refractivity contribution is 0.101. The summed E-state index contributed by atoms with van der Waals surface area (Å²) in [4.78, 5) is 4.87. The maximum absolute atomic E-state index is 10.5. The highest BCUT2D eigenvalue weighted by Gasteiger charge is 2.15. The molecule has 4 heteroatoms. The monoisotopic (exact) mass is 341 g/mol. The number of rotatable bonds is 8. The molecule has 0 aliphatic rings. The highest BCUT2D eigenvalue weighted by molar-refractivity contribution is 7.11. The van der Waals surface area contributed by atoms with E-state index < -0.39 is 6.10 Å². The molecule has 126 valence electrons. The molecule has 0 fully saturated rings. The van der Waals surface area contributed by atoms with Crippen LogP contribution in [0.15, 0.2) is 65.3 Å². The normalized spacial score (nSPS) is 12.6. The maximum atomic E-state index is 10.5. The van der Waals surface area contributed by atoms with Crippen LogP contribution < -0.4 is 0 Å². The van der Waals surface area contributed by atoms with Gasteiger partial charge in [-0.05, 0) is 43.2 Å². The van der Waals surface area contributed by atoms with E-state index in [2.05, 4.69) is 36.1 Å². The summed E-state index contributed by atoms with van der Waals surface area (Å²) >= 11 is 1.81. The van der Waals surface area contributed by atoms with Gasteiger partial charge in [0.25, 0.3) is 0 Å². The SMILES string of the molecule is Cc1ccc(CN(Cc2ccco2)CC(O)Cc2ccccc2)s1. The van der Waals surface area contributed by atoms with Crippen molar-refractivity contribution < 1.29 is 9.52 Å². The zero-order valence-electron chi connectivity index (χ0n) is 13.9. The van der Waals surface area contributed by atoms with Crippen molar-refractivity contribution in [1.82, 2.24) is 4.90 Å². The van der Waals surface area contributed by atoms with Crippen LogP contribution in [0, 0.1) is 6.92 Å². The van der Waals surface area contributed by atoms with Gasteiger partial charge in [-0.1, -0.05) is 30.3 Å². The molecule has 1 unspecified atom stereocenters. The van der Waals surface area contributed by atoms with Gasteiger partial charge in [-0.2, -0.15) is 0 Å². The number of aliphatic hydroxyl groups is 1. The molecule has 0 aliphatic heterocycles. The van der Waals surface area contributed by atoms with Gasteiger partial charge in [-0.25, -0.2) is 0 Å². The fraction of sp³-hybridized carbons (Fsp3) is 0.300. The third-order valence-corrected chi connectivity index (χ3v) is 4.90. The third kappa shape index (κ3) is 5.06. The van der Waals surface area contributed by atoms with E-state index in [1.165, 1.54) is 9.75 Å². The number of nitrogens with zero attached hydrogens (tertiary/aromatic N) is 1. The lowest BCUT2D eigenvalue weighted by atomic mass is 10.1. The van der Waals surface area contributed by atoms with Gasteiger partial charge in [0, 0.05) is 22.8 Å². The molecule has 2 heterocycles. The predicted molar refractivity (Wildman–Crippen MR) is 98.0 cm³/mol. The fourth-order valence-electron chi connectivity index (χ4n) is 2.85. The third-order valence-electron chi connectivity index (χ3n) is 3.92. The van der Waals surface area contributed by atoms with Gasteiger partial charge >= 0.3 is 0 Å². The molecule has 0 aliphatic carbocycles. The molecule has 1 atom stereocenters. The Hall–Kier alpha value is -1.88. The van der Waals surface area contributed by atoms with Crippen LogP contribution in [0.2, 0.25) is 0 Å². The summed E-state index contributed by atoms with van der Waals surface area (Å²) in [5, 5.41) is 10.5. The van der Waals surface area contributed by atoms with E-state index in [9.17, 15) is 5.11 Å². The van der Waals surface area contributed by atoms with Gasteiger partial charge in [0.1, 0.15) is 5.76 Å². The summed E-state index contributed by atoms with van der Waals surface area (Å²) in [6.07, 6.45) is 1.96. The Morgan fingerprint density at radius 3 is 2.54 bits per heavy atom. The molecule has 0 radical (unpaired) electrons. The number of thiophene rings is 1. The first-order valence-electron chi connectivity index (χ1n) is 8.21. The fourth-order valence-corrected chi connectivity index (χ4v) is 3.78. The second-order valence-electron chi connectivity index (χ2n) is 6.10. The van der Waals surface area contributed by atoms with Crippen molar-refractivity contribution in [3.63, 3.8) is 0 Å². The minimum Gasteiger partial charge on any atom is -0.468 e. The Morgan fingerprint density at radius 2 is 1.88 bits per heavy atom. The topological polar surface area (TPSA) is 36.6 Å². The molecule has 1 N–H and O–H groups in total. The van der Waals surface area contributed by atoms with Gasteiger partial charge < -0.3 is 9.52 Å². The van der Waals surface area contributed by atoms with Crippen LogP contribution in [0.5, 0.6) is 0 Å². The summed E-state index contributed by atoms with van der Waals surface area (Å²) in [6, 6.07) is 18.3. The summed E-state index contributed by atoms with van der Waals surface area (Å²) in [6.45, 7) is 4.27. The summed E-state index contributed by atoms with van der Waals surface area (Å²) in [5.41, 5.74) is 1.16. The predicted octanol–water partition coefficient (Wildman–Crippen LogP) is 4.26. The Bertz CT molecular complexity index is 721. The van der Waals surface area contributed by atoms with Gasteiger partial charge in [0.2, 0.25) is 0 Å². The number of furan rings is 1. The van der Waals surface area contributed by atoms with Crippen LogP contribution in [-0.4, -0.2) is 22.7 Å². The van der Waals surface area contributed by atoms with E-state index >= 15 is 0 Å². The lowest BCUT2D eigenvalue weighted by Gasteiger charge is -2.24. The lowest BCUT2D eigenvalue weighted by Crippen LogP contribution is -2.32. The average molecular weight is 341 g/mol. The van der Waals surface area contributed by atoms with Crippen molar-refractivity contribution in [3.05, 3.63) is 81.9 Å². The molecule has 3 aromatic rings. The second-order valence-corrected chi connectivity index (χ2v) is 7.48. The molecule has 0 saturated heterocycles. The first-order chi connectivity index (χ1) is 11.7. The molecule has 0 spiro atoms. The number of hydrogen-bond acceptors (Lipinski definition) is 4. The summed E-state index contributed by atoms with van der Waals surface area (Å²) in [5.74, 6) is 0.926. The Balaban J connectivity index is 1.64. The van der Waals surface area contributed by atoms with E-state index in [-0.39, 0.29) is 0 Å². The van der Waals surface area contributed by atoms with E-state index in [0.717, 1.165) is 17.9 Å². The average Bonchev–Trinajstić information content (AvgIpc) is 3.20. The van der Waals surface area contributed by atoms with Gasteiger partial charge in [0.15, 0.2) is 0 Å². The smallest absolute Gasteiger partial charge is 0.117 e. The van der Waals surface area contributed by atoms with E-state index in [0.29, 0.717) is 19.5 Å². The molecule has 24 heavy (non-hydrogen) atoms. The van der Waals surface area contributed by atoms with Gasteiger partial charge in [0.05, 0.1) is 18.9 Å². The van der Waals surface area contributed by atoms with Crippen LogP contribution in [0.25, 0.3) is 0 Å². The molecule has 0 bridgehead atoms. The highest BCUT2D eigenvalue weighted by atomic mass is 32.1. The Morgan fingerprint density at radius 1 is 1.04 bits per heavy atom. The Labute approximate surface area is 147 Å². The van der Waals surface area contributed by atoms with Crippen molar-refractivity contribution in [2.45, 2.75) is 32.5 Å². The zero-order valence-corrected chi connectivity index (χ0v) is 14.7. The van der Waals surface area contributed by atoms with Crippen molar-refractivity contribution >= 4 is 11.3 Å². The molecular formula is C20H23NO2S. The molecular weight excluding hydrogens is 318 g/mol. The van der Waals surface area contributed by atoms with Crippen molar-refractivity contribution in [1.29, 1.82) is 0 Å². The molecule has 3 rings (SSSR count). The van der Waals surface area contributed by atoms with Crippen molar-refractivity contribution in [2.24, 2.45) is 0 Å². The second kappa shape index (κ2) is 8.29. The minimum atomic E-state index is -0.400. The quantitative estimate of drug-likeness (QED) is 0.665. The number of aliphatic hydroxyl groups excluding tert-OH is 1. The first kappa shape index (κ1) is 17.0. The number of benzene rings is 1. The zero-order chi connectivity index (χ0) is 16.8. The molecule has 0 saturated carbocycles. The molecule has 3 nitrogen and oxygen atoms in total. The van der Waals surface area contributed by atoms with Gasteiger partial charge in [-0.3, -0.25) is 4.90 Å². The summed E-state index contributed by atoms with van der Waals surface area (Å²) < 4.78 is 5.49. The molecule has 0 amide bonds. The number of hydrogen-bond donors (Lipinski definition) is 1. The van der Waals surface area contributed by atoms with E-state index in [4.69, 9.17) is 4.42 Å². The molecule has 1 aromatic carbocycles. The highest BCUT2D eigenvalue weighted by Crippen LogP contribution is 2.19. The van der Waals surface area contributed by atoms with E-state index in [1.807, 2.05) is 30.3 Å². The number of aryl methyl sites for hydroxylation is 1. The minimum absolute atomic E-state index is 0.400. The largest absolute Gasteiger partial charge is 0.468 e. The van der Waals surface area contributed by atoms with E-state index in [1.54, 1.807) is 17.6 Å². The Kier molecular flexibility index (Phi) is 5.86. The van der Waals surface area contributed by atoms with Crippen LogP contribution in [-0.2, 0) is 19.5 Å². The van der Waals surface area contributed by atoms with Gasteiger partial charge in [-0.15, -0.1) is 11.3 Å². The van der Waals surface area contributed by atoms with Crippen LogP contribution >= 0.6 is 11.3 Å². The van der Waals surface area contributed by atoms with Crippen LogP contribution in [0.4, 0.5) is 0 Å². The molecule has 2 aromatic heterocycles.